The van der Waals surface area contributed by atoms with E-state index in [1.54, 1.807) is 0 Å². The molecule has 142 valence electrons. The molecule has 2 fully saturated rings. The minimum atomic E-state index is -1.03. The topological polar surface area (TPSA) is 104 Å². The fraction of sp³-hybridized carbons (Fsp3) is 0.474. The molecule has 1 aromatic carbocycles. The van der Waals surface area contributed by atoms with Crippen molar-refractivity contribution >= 4 is 23.7 Å². The Balaban J connectivity index is 1.57. The van der Waals surface area contributed by atoms with Crippen LogP contribution >= 0.6 is 0 Å². The third kappa shape index (κ3) is 2.99. The van der Waals surface area contributed by atoms with Crippen molar-refractivity contribution < 1.29 is 29.0 Å². The van der Waals surface area contributed by atoms with Crippen molar-refractivity contribution in [2.24, 2.45) is 0 Å². The SMILES string of the molecule is O=C(O)[C@@H]1CCCN1C(=O)c1ccc2c(c1)C(=O)N(CC1CCCO1)C2=O. The molecule has 0 aliphatic carbocycles. The molecule has 8 heteroatoms. The third-order valence-corrected chi connectivity index (χ3v) is 5.43. The number of ether oxygens (including phenoxy) is 1. The van der Waals surface area contributed by atoms with Gasteiger partial charge in [-0.3, -0.25) is 19.3 Å². The van der Waals surface area contributed by atoms with Gasteiger partial charge in [-0.25, -0.2) is 4.79 Å². The lowest BCUT2D eigenvalue weighted by atomic mass is 10.0. The van der Waals surface area contributed by atoms with Crippen molar-refractivity contribution in [2.75, 3.05) is 19.7 Å². The Labute approximate surface area is 155 Å². The van der Waals surface area contributed by atoms with Gasteiger partial charge in [-0.05, 0) is 43.9 Å². The number of amides is 3. The van der Waals surface area contributed by atoms with Crippen LogP contribution in [0.4, 0.5) is 0 Å². The molecule has 3 heterocycles. The van der Waals surface area contributed by atoms with Crippen LogP contribution in [-0.2, 0) is 9.53 Å². The van der Waals surface area contributed by atoms with E-state index in [1.165, 1.54) is 28.0 Å². The standard InChI is InChI=1S/C19H20N2O6/c22-16(20-7-1-4-15(20)19(25)26)11-5-6-13-14(9-11)18(24)21(17(13)23)10-12-3-2-8-27-12/h5-6,9,12,15H,1-4,7-8,10H2,(H,25,26)/t12?,15-/m0/s1. The molecule has 27 heavy (non-hydrogen) atoms. The van der Waals surface area contributed by atoms with Gasteiger partial charge in [-0.15, -0.1) is 0 Å². The molecule has 3 amide bonds. The fourth-order valence-corrected chi connectivity index (χ4v) is 4.01. The van der Waals surface area contributed by atoms with Gasteiger partial charge in [-0.1, -0.05) is 0 Å². The Morgan fingerprint density at radius 2 is 1.89 bits per heavy atom. The molecule has 0 bridgehead atoms. The van der Waals surface area contributed by atoms with Crippen LogP contribution in [0.2, 0.25) is 0 Å². The van der Waals surface area contributed by atoms with Gasteiger partial charge in [0.05, 0.1) is 23.8 Å². The van der Waals surface area contributed by atoms with E-state index in [-0.39, 0.29) is 35.2 Å². The Hall–Kier alpha value is -2.74. The van der Waals surface area contributed by atoms with E-state index >= 15 is 0 Å². The van der Waals surface area contributed by atoms with E-state index < -0.39 is 23.8 Å². The molecule has 1 N–H and O–H groups in total. The van der Waals surface area contributed by atoms with E-state index in [2.05, 4.69) is 0 Å². The van der Waals surface area contributed by atoms with Crippen molar-refractivity contribution in [2.45, 2.75) is 37.8 Å². The lowest BCUT2D eigenvalue weighted by Gasteiger charge is -2.21. The number of rotatable bonds is 4. The van der Waals surface area contributed by atoms with Crippen LogP contribution < -0.4 is 0 Å². The molecule has 3 aliphatic rings. The Morgan fingerprint density at radius 3 is 2.59 bits per heavy atom. The molecule has 3 aliphatic heterocycles. The number of fused-ring (bicyclic) bond motifs is 1. The first-order valence-electron chi connectivity index (χ1n) is 9.13. The predicted molar refractivity (Wildman–Crippen MR) is 92.5 cm³/mol. The Morgan fingerprint density at radius 1 is 1.11 bits per heavy atom. The molecule has 2 atom stereocenters. The summed E-state index contributed by atoms with van der Waals surface area (Å²) in [6, 6.07) is 3.52. The number of benzene rings is 1. The molecule has 2 saturated heterocycles. The molecule has 4 rings (SSSR count). The maximum Gasteiger partial charge on any atom is 0.326 e. The first kappa shape index (κ1) is 17.7. The highest BCUT2D eigenvalue weighted by Crippen LogP contribution is 2.27. The van der Waals surface area contributed by atoms with E-state index in [0.717, 1.165) is 12.8 Å². The molecular formula is C19H20N2O6. The molecule has 1 aromatic rings. The fourth-order valence-electron chi connectivity index (χ4n) is 4.01. The molecule has 0 aromatic heterocycles. The van der Waals surface area contributed by atoms with Crippen LogP contribution in [0, 0.1) is 0 Å². The van der Waals surface area contributed by atoms with Gasteiger partial charge in [0.2, 0.25) is 0 Å². The smallest absolute Gasteiger partial charge is 0.326 e. The minimum absolute atomic E-state index is 0.144. The highest BCUT2D eigenvalue weighted by Gasteiger charge is 2.39. The number of hydrogen-bond acceptors (Lipinski definition) is 5. The second-order valence-electron chi connectivity index (χ2n) is 7.11. The summed E-state index contributed by atoms with van der Waals surface area (Å²) >= 11 is 0. The van der Waals surface area contributed by atoms with Crippen molar-refractivity contribution in [1.82, 2.24) is 9.80 Å². The third-order valence-electron chi connectivity index (χ3n) is 5.43. The summed E-state index contributed by atoms with van der Waals surface area (Å²) in [7, 11) is 0. The molecule has 1 unspecified atom stereocenters. The maximum absolute atomic E-state index is 12.7. The number of hydrogen-bond donors (Lipinski definition) is 1. The molecule has 0 radical (unpaired) electrons. The maximum atomic E-state index is 12.7. The zero-order valence-corrected chi connectivity index (χ0v) is 14.7. The highest BCUT2D eigenvalue weighted by atomic mass is 16.5. The van der Waals surface area contributed by atoms with Gasteiger partial charge in [0.15, 0.2) is 0 Å². The summed E-state index contributed by atoms with van der Waals surface area (Å²) in [6.45, 7) is 1.21. The van der Waals surface area contributed by atoms with E-state index in [9.17, 15) is 24.3 Å². The number of likely N-dealkylation sites (tertiary alicyclic amines) is 1. The van der Waals surface area contributed by atoms with E-state index in [1.807, 2.05) is 0 Å². The lowest BCUT2D eigenvalue weighted by Crippen LogP contribution is -2.40. The van der Waals surface area contributed by atoms with Gasteiger partial charge >= 0.3 is 5.97 Å². The zero-order valence-electron chi connectivity index (χ0n) is 14.7. The second kappa shape index (κ2) is 6.77. The Bertz CT molecular complexity index is 829. The quantitative estimate of drug-likeness (QED) is 0.795. The average Bonchev–Trinajstić information content (AvgIpc) is 3.39. The number of aliphatic carboxylic acids is 1. The van der Waals surface area contributed by atoms with Crippen molar-refractivity contribution in [3.05, 3.63) is 34.9 Å². The van der Waals surface area contributed by atoms with Gasteiger partial charge in [-0.2, -0.15) is 0 Å². The first-order chi connectivity index (χ1) is 13.0. The summed E-state index contributed by atoms with van der Waals surface area (Å²) in [5, 5.41) is 9.27. The van der Waals surface area contributed by atoms with Gasteiger partial charge in [0.1, 0.15) is 6.04 Å². The summed E-state index contributed by atoms with van der Waals surface area (Å²) in [5.74, 6) is -2.28. The number of imide groups is 1. The van der Waals surface area contributed by atoms with Crippen LogP contribution in [-0.4, -0.2) is 70.4 Å². The Kier molecular flexibility index (Phi) is 4.43. The summed E-state index contributed by atoms with van der Waals surface area (Å²) in [6.07, 6.45) is 2.61. The normalized spacial score (nSPS) is 24.6. The number of carboxylic acids is 1. The predicted octanol–water partition coefficient (Wildman–Crippen LogP) is 1.15. The van der Waals surface area contributed by atoms with Gasteiger partial charge in [0.25, 0.3) is 17.7 Å². The van der Waals surface area contributed by atoms with Crippen LogP contribution in [0.1, 0.15) is 56.8 Å². The molecule has 0 saturated carbocycles. The highest BCUT2D eigenvalue weighted by molar-refractivity contribution is 6.22. The van der Waals surface area contributed by atoms with Crippen LogP contribution in [0.3, 0.4) is 0 Å². The van der Waals surface area contributed by atoms with E-state index in [0.29, 0.717) is 26.0 Å². The zero-order chi connectivity index (χ0) is 19.1. The number of carboxylic acid groups (broad SMARTS) is 1. The largest absolute Gasteiger partial charge is 0.480 e. The summed E-state index contributed by atoms with van der Waals surface area (Å²) in [5.41, 5.74) is 0.683. The minimum Gasteiger partial charge on any atom is -0.480 e. The van der Waals surface area contributed by atoms with Crippen molar-refractivity contribution in [1.29, 1.82) is 0 Å². The summed E-state index contributed by atoms with van der Waals surface area (Å²) in [4.78, 5) is 51.8. The molecule has 0 spiro atoms. The number of carbonyl (C=O) groups excluding carboxylic acids is 3. The van der Waals surface area contributed by atoms with E-state index in [4.69, 9.17) is 4.74 Å². The lowest BCUT2D eigenvalue weighted by molar-refractivity contribution is -0.141. The van der Waals surface area contributed by atoms with Gasteiger partial charge in [0, 0.05) is 18.7 Å². The molecular weight excluding hydrogens is 352 g/mol. The first-order valence-corrected chi connectivity index (χ1v) is 9.13. The van der Waals surface area contributed by atoms with Crippen LogP contribution in [0.5, 0.6) is 0 Å². The number of nitrogens with zero attached hydrogens (tertiary/aromatic N) is 2. The van der Waals surface area contributed by atoms with Crippen molar-refractivity contribution in [3.8, 4) is 0 Å². The molecule has 8 nitrogen and oxygen atoms in total. The average molecular weight is 372 g/mol. The van der Waals surface area contributed by atoms with Crippen LogP contribution in [0.25, 0.3) is 0 Å². The van der Waals surface area contributed by atoms with Crippen LogP contribution in [0.15, 0.2) is 18.2 Å². The second-order valence-corrected chi connectivity index (χ2v) is 7.11. The number of carbonyl (C=O) groups is 4. The van der Waals surface area contributed by atoms with Crippen molar-refractivity contribution in [3.63, 3.8) is 0 Å². The van der Waals surface area contributed by atoms with Gasteiger partial charge < -0.3 is 14.7 Å². The monoisotopic (exact) mass is 372 g/mol. The summed E-state index contributed by atoms with van der Waals surface area (Å²) < 4.78 is 5.51.